The van der Waals surface area contributed by atoms with E-state index < -0.39 is 11.9 Å². The van der Waals surface area contributed by atoms with Crippen LogP contribution in [0.15, 0.2) is 16.6 Å². The van der Waals surface area contributed by atoms with E-state index in [9.17, 15) is 4.39 Å². The largest absolute Gasteiger partial charge is 0.322 e. The van der Waals surface area contributed by atoms with Crippen LogP contribution in [0.1, 0.15) is 51.1 Å². The number of benzene rings is 1. The lowest BCUT2D eigenvalue weighted by molar-refractivity contribution is 0.0533. The van der Waals surface area contributed by atoms with Gasteiger partial charge in [0.05, 0.1) is 11.1 Å². The Morgan fingerprint density at radius 3 is 2.57 bits per heavy atom. The number of likely N-dealkylation sites (tertiary alicyclic amines) is 1. The van der Waals surface area contributed by atoms with Crippen LogP contribution in [0, 0.1) is 5.82 Å². The van der Waals surface area contributed by atoms with Gasteiger partial charge >= 0.3 is 0 Å². The van der Waals surface area contributed by atoms with Crippen molar-refractivity contribution in [3.05, 3.63) is 33.0 Å². The molecule has 118 valence electrons. The van der Waals surface area contributed by atoms with Crippen LogP contribution in [0.5, 0.6) is 0 Å². The molecular formula is C16H23BrClFN2. The van der Waals surface area contributed by atoms with E-state index in [1.54, 1.807) is 12.1 Å². The Hall–Kier alpha value is -0.160. The molecule has 0 aromatic heterocycles. The maximum absolute atomic E-state index is 14.5. The summed E-state index contributed by atoms with van der Waals surface area (Å²) in [6.07, 6.45) is 4.52. The molecule has 1 saturated heterocycles. The molecule has 0 radical (unpaired) electrons. The number of halogens is 3. The molecule has 2 N–H and O–H groups in total. The quantitative estimate of drug-likeness (QED) is 0.756. The van der Waals surface area contributed by atoms with Crippen molar-refractivity contribution in [2.24, 2.45) is 5.73 Å². The summed E-state index contributed by atoms with van der Waals surface area (Å²) in [4.78, 5) is 2.41. The summed E-state index contributed by atoms with van der Waals surface area (Å²) in [6, 6.07) is 3.12. The number of rotatable bonds is 4. The van der Waals surface area contributed by atoms with E-state index in [-0.39, 0.29) is 10.6 Å². The topological polar surface area (TPSA) is 29.3 Å². The van der Waals surface area contributed by atoms with Gasteiger partial charge in [-0.15, -0.1) is 0 Å². The zero-order chi connectivity index (χ0) is 15.6. The summed E-state index contributed by atoms with van der Waals surface area (Å²) in [5, 5.41) is 0.111. The third-order valence-corrected chi connectivity index (χ3v) is 6.12. The first-order valence-corrected chi connectivity index (χ1v) is 8.73. The summed E-state index contributed by atoms with van der Waals surface area (Å²) in [6.45, 7) is 6.32. The van der Waals surface area contributed by atoms with Crippen LogP contribution in [0.2, 0.25) is 5.02 Å². The Bertz CT molecular complexity index is 505. The third-order valence-electron chi connectivity index (χ3n) is 4.86. The fraction of sp³-hybridized carbons (Fsp3) is 0.625. The second kappa shape index (κ2) is 6.95. The van der Waals surface area contributed by atoms with Crippen LogP contribution in [-0.4, -0.2) is 23.5 Å². The van der Waals surface area contributed by atoms with Gasteiger partial charge in [0, 0.05) is 15.6 Å². The smallest absolute Gasteiger partial charge is 0.147 e. The van der Waals surface area contributed by atoms with Gasteiger partial charge in [0.1, 0.15) is 5.82 Å². The zero-order valence-corrected chi connectivity index (χ0v) is 15.0. The summed E-state index contributed by atoms with van der Waals surface area (Å²) < 4.78 is 15.1. The molecule has 1 aliphatic rings. The van der Waals surface area contributed by atoms with Crippen LogP contribution in [0.4, 0.5) is 4.39 Å². The van der Waals surface area contributed by atoms with Crippen molar-refractivity contribution in [2.45, 2.75) is 51.1 Å². The summed E-state index contributed by atoms with van der Waals surface area (Å²) in [5.74, 6) is -0.407. The standard InChI is InChI=1S/C16H23BrClFN2/c1-3-16(2,21-9-5-4-6-10-21)15(20)11-7-8-12(17)13(18)14(11)19/h7-8,15H,3-6,9-10,20H2,1-2H3. The molecule has 0 bridgehead atoms. The van der Waals surface area contributed by atoms with Crippen molar-refractivity contribution >= 4 is 27.5 Å². The highest BCUT2D eigenvalue weighted by atomic mass is 79.9. The highest BCUT2D eigenvalue weighted by Crippen LogP contribution is 2.38. The van der Waals surface area contributed by atoms with Crippen LogP contribution in [0.25, 0.3) is 0 Å². The molecule has 1 aromatic carbocycles. The minimum atomic E-state index is -0.407. The van der Waals surface area contributed by atoms with E-state index in [1.807, 2.05) is 0 Å². The minimum absolute atomic E-state index is 0.111. The Labute approximate surface area is 140 Å². The first-order chi connectivity index (χ1) is 9.91. The normalized spacial score (nSPS) is 21.0. The predicted molar refractivity (Wildman–Crippen MR) is 90.2 cm³/mol. The van der Waals surface area contributed by atoms with E-state index in [1.165, 1.54) is 19.3 Å². The van der Waals surface area contributed by atoms with Gasteiger partial charge in [-0.1, -0.05) is 31.0 Å². The second-order valence-electron chi connectivity index (χ2n) is 6.00. The van der Waals surface area contributed by atoms with E-state index in [2.05, 4.69) is 34.7 Å². The third kappa shape index (κ3) is 3.29. The van der Waals surface area contributed by atoms with Crippen LogP contribution >= 0.6 is 27.5 Å². The molecule has 1 fully saturated rings. The highest BCUT2D eigenvalue weighted by Gasteiger charge is 2.39. The van der Waals surface area contributed by atoms with Gasteiger partial charge in [-0.25, -0.2) is 4.39 Å². The van der Waals surface area contributed by atoms with E-state index in [4.69, 9.17) is 17.3 Å². The van der Waals surface area contributed by atoms with E-state index >= 15 is 0 Å². The summed E-state index contributed by atoms with van der Waals surface area (Å²) in [7, 11) is 0. The van der Waals surface area contributed by atoms with Gasteiger partial charge in [0.15, 0.2) is 0 Å². The average molecular weight is 378 g/mol. The van der Waals surface area contributed by atoms with Crippen molar-refractivity contribution in [3.63, 3.8) is 0 Å². The molecule has 0 amide bonds. The van der Waals surface area contributed by atoms with E-state index in [0.29, 0.717) is 10.0 Å². The second-order valence-corrected chi connectivity index (χ2v) is 7.23. The lowest BCUT2D eigenvalue weighted by atomic mass is 9.82. The zero-order valence-electron chi connectivity index (χ0n) is 12.6. The number of piperidine rings is 1. The molecule has 1 heterocycles. The van der Waals surface area contributed by atoms with Crippen molar-refractivity contribution < 1.29 is 4.39 Å². The first-order valence-electron chi connectivity index (χ1n) is 7.56. The number of hydrogen-bond acceptors (Lipinski definition) is 2. The molecular weight excluding hydrogens is 355 g/mol. The Morgan fingerprint density at radius 2 is 2.00 bits per heavy atom. The van der Waals surface area contributed by atoms with Gasteiger partial charge in [0.2, 0.25) is 0 Å². The SMILES string of the molecule is CCC(C)(C(N)c1ccc(Br)c(Cl)c1F)N1CCCCC1. The van der Waals surface area contributed by atoms with Crippen LogP contribution in [0.3, 0.4) is 0 Å². The van der Waals surface area contributed by atoms with Crippen molar-refractivity contribution in [3.8, 4) is 0 Å². The molecule has 1 aliphatic heterocycles. The fourth-order valence-corrected chi connectivity index (χ4v) is 3.64. The predicted octanol–water partition coefficient (Wildman–Crippen LogP) is 4.90. The molecule has 2 unspecified atom stereocenters. The Kier molecular flexibility index (Phi) is 5.69. The van der Waals surface area contributed by atoms with Crippen molar-refractivity contribution in [2.75, 3.05) is 13.1 Å². The van der Waals surface area contributed by atoms with Crippen LogP contribution < -0.4 is 5.73 Å². The molecule has 0 saturated carbocycles. The van der Waals surface area contributed by atoms with Crippen molar-refractivity contribution in [1.82, 2.24) is 4.90 Å². The monoisotopic (exact) mass is 376 g/mol. The summed E-state index contributed by atoms with van der Waals surface area (Å²) >= 11 is 9.27. The average Bonchev–Trinajstić information content (AvgIpc) is 2.52. The van der Waals surface area contributed by atoms with Gasteiger partial charge in [-0.05, 0) is 61.3 Å². The molecule has 2 nitrogen and oxygen atoms in total. The molecule has 0 spiro atoms. The lowest BCUT2D eigenvalue weighted by Crippen LogP contribution is -2.54. The van der Waals surface area contributed by atoms with E-state index in [0.717, 1.165) is 19.5 Å². The number of nitrogens with two attached hydrogens (primary N) is 1. The van der Waals surface area contributed by atoms with Gasteiger partial charge in [-0.2, -0.15) is 0 Å². The number of nitrogens with zero attached hydrogens (tertiary/aromatic N) is 1. The summed E-state index contributed by atoms with van der Waals surface area (Å²) in [5.41, 5.74) is 6.73. The molecule has 5 heteroatoms. The maximum Gasteiger partial charge on any atom is 0.147 e. The number of hydrogen-bond donors (Lipinski definition) is 1. The molecule has 2 rings (SSSR count). The van der Waals surface area contributed by atoms with Gasteiger partial charge < -0.3 is 5.73 Å². The Morgan fingerprint density at radius 1 is 1.38 bits per heavy atom. The lowest BCUT2D eigenvalue weighted by Gasteiger charge is -2.47. The first kappa shape index (κ1) is 17.2. The van der Waals surface area contributed by atoms with Crippen molar-refractivity contribution in [1.29, 1.82) is 0 Å². The van der Waals surface area contributed by atoms with Gasteiger partial charge in [0.25, 0.3) is 0 Å². The highest BCUT2D eigenvalue weighted by molar-refractivity contribution is 9.10. The minimum Gasteiger partial charge on any atom is -0.322 e. The molecule has 0 aliphatic carbocycles. The van der Waals surface area contributed by atoms with Crippen LogP contribution in [-0.2, 0) is 0 Å². The van der Waals surface area contributed by atoms with Gasteiger partial charge in [-0.3, -0.25) is 4.90 Å². The Balaban J connectivity index is 2.35. The molecule has 21 heavy (non-hydrogen) atoms. The molecule has 2 atom stereocenters. The molecule has 1 aromatic rings. The maximum atomic E-state index is 14.5. The fourth-order valence-electron chi connectivity index (χ4n) is 3.16.